The average molecular weight is 218 g/mol. The van der Waals surface area contributed by atoms with Gasteiger partial charge in [-0.3, -0.25) is 0 Å². The molecule has 2 rings (SSSR count). The minimum atomic E-state index is 0.497. The highest BCUT2D eigenvalue weighted by molar-refractivity contribution is 5.37. The highest BCUT2D eigenvalue weighted by Crippen LogP contribution is 2.29. The predicted octanol–water partition coefficient (Wildman–Crippen LogP) is 1.40. The molecule has 0 bridgehead atoms. The van der Waals surface area contributed by atoms with Crippen molar-refractivity contribution in [2.24, 2.45) is 5.73 Å². The Bertz CT molecular complexity index is 385. The molecule has 0 aliphatic heterocycles. The zero-order valence-corrected chi connectivity index (χ0v) is 9.69. The molecule has 86 valence electrons. The van der Waals surface area contributed by atoms with Gasteiger partial charge in [0.05, 0.1) is 0 Å². The van der Waals surface area contributed by atoms with Crippen molar-refractivity contribution < 1.29 is 0 Å². The Kier molecular flexibility index (Phi) is 3.19. The van der Waals surface area contributed by atoms with E-state index in [-0.39, 0.29) is 0 Å². The normalized spacial score (nSPS) is 14.9. The Morgan fingerprint density at radius 2 is 2.38 bits per heavy atom. The number of nitrogens with zero attached hydrogens (tertiary/aromatic N) is 3. The van der Waals surface area contributed by atoms with Crippen molar-refractivity contribution in [3.63, 3.8) is 0 Å². The smallest absolute Gasteiger partial charge is 0.226 e. The Morgan fingerprint density at radius 1 is 1.62 bits per heavy atom. The number of hydrogen-bond donors (Lipinski definition) is 1. The second-order valence-electron chi connectivity index (χ2n) is 4.16. The molecule has 1 aliphatic carbocycles. The number of anilines is 1. The fourth-order valence-electron chi connectivity index (χ4n) is 1.74. The monoisotopic (exact) mass is 218 g/mol. The summed E-state index contributed by atoms with van der Waals surface area (Å²) in [5.74, 6) is 0.803. The van der Waals surface area contributed by atoms with Crippen LogP contribution in [0.5, 0.6) is 0 Å². The lowest BCUT2D eigenvalue weighted by Crippen LogP contribution is -2.28. The minimum absolute atomic E-state index is 0.497. The van der Waals surface area contributed by atoms with E-state index in [0.717, 1.165) is 23.8 Å². The zero-order valence-electron chi connectivity index (χ0n) is 9.69. The largest absolute Gasteiger partial charge is 0.334 e. The van der Waals surface area contributed by atoms with Crippen LogP contribution in [0.25, 0.3) is 0 Å². The van der Waals surface area contributed by atoms with Crippen LogP contribution in [0.15, 0.2) is 18.9 Å². The second kappa shape index (κ2) is 4.61. The van der Waals surface area contributed by atoms with E-state index in [0.29, 0.717) is 12.6 Å². The summed E-state index contributed by atoms with van der Waals surface area (Å²) < 4.78 is 0. The van der Waals surface area contributed by atoms with Crippen molar-refractivity contribution in [1.29, 1.82) is 0 Å². The van der Waals surface area contributed by atoms with Gasteiger partial charge >= 0.3 is 0 Å². The first-order valence-electron chi connectivity index (χ1n) is 5.66. The second-order valence-corrected chi connectivity index (χ2v) is 4.16. The molecular formula is C12H18N4. The van der Waals surface area contributed by atoms with Crippen LogP contribution in [0.3, 0.4) is 0 Å². The first-order valence-corrected chi connectivity index (χ1v) is 5.66. The molecule has 0 amide bonds. The summed E-state index contributed by atoms with van der Waals surface area (Å²) in [6, 6.07) is 0.598. The number of aryl methyl sites for hydroxylation is 1. The van der Waals surface area contributed by atoms with Crippen LogP contribution in [0.4, 0.5) is 5.95 Å². The van der Waals surface area contributed by atoms with Crippen molar-refractivity contribution in [3.05, 3.63) is 30.1 Å². The molecule has 1 heterocycles. The maximum Gasteiger partial charge on any atom is 0.226 e. The molecule has 0 saturated heterocycles. The molecule has 1 aliphatic rings. The third-order valence-electron chi connectivity index (χ3n) is 2.86. The topological polar surface area (TPSA) is 55.0 Å². The van der Waals surface area contributed by atoms with Crippen molar-refractivity contribution in [3.8, 4) is 0 Å². The fourth-order valence-corrected chi connectivity index (χ4v) is 1.74. The van der Waals surface area contributed by atoms with Crippen LogP contribution < -0.4 is 10.6 Å². The molecule has 1 aromatic rings. The van der Waals surface area contributed by atoms with Gasteiger partial charge in [-0.25, -0.2) is 9.97 Å². The van der Waals surface area contributed by atoms with Crippen molar-refractivity contribution in [2.75, 3.05) is 11.4 Å². The Labute approximate surface area is 96.2 Å². The summed E-state index contributed by atoms with van der Waals surface area (Å²) in [5.41, 5.74) is 7.58. The van der Waals surface area contributed by atoms with E-state index in [1.807, 2.05) is 19.2 Å². The van der Waals surface area contributed by atoms with Gasteiger partial charge in [0.15, 0.2) is 0 Å². The molecule has 0 unspecified atom stereocenters. The molecule has 1 fully saturated rings. The van der Waals surface area contributed by atoms with Crippen LogP contribution >= 0.6 is 0 Å². The summed E-state index contributed by atoms with van der Waals surface area (Å²) in [5, 5.41) is 0. The Morgan fingerprint density at radius 3 is 2.88 bits per heavy atom. The van der Waals surface area contributed by atoms with Crippen LogP contribution in [0.1, 0.15) is 24.1 Å². The van der Waals surface area contributed by atoms with Gasteiger partial charge in [0.25, 0.3) is 0 Å². The SMILES string of the molecule is C=CCN(c1ncc(CN)c(C)n1)C1CC1. The maximum absolute atomic E-state index is 5.60. The standard InChI is InChI=1S/C12H18N4/c1-3-6-16(11-4-5-11)12-14-8-10(7-13)9(2)15-12/h3,8,11H,1,4-7,13H2,2H3. The van der Waals surface area contributed by atoms with Crippen molar-refractivity contribution in [2.45, 2.75) is 32.4 Å². The quantitative estimate of drug-likeness (QED) is 0.759. The van der Waals surface area contributed by atoms with E-state index < -0.39 is 0 Å². The van der Waals surface area contributed by atoms with Gasteiger partial charge in [-0.15, -0.1) is 6.58 Å². The number of rotatable bonds is 5. The molecule has 0 radical (unpaired) electrons. The maximum atomic E-state index is 5.60. The Balaban J connectivity index is 2.23. The lowest BCUT2D eigenvalue weighted by Gasteiger charge is -2.21. The highest BCUT2D eigenvalue weighted by Gasteiger charge is 2.30. The van der Waals surface area contributed by atoms with E-state index in [9.17, 15) is 0 Å². The molecule has 4 heteroatoms. The van der Waals surface area contributed by atoms with Gasteiger partial charge in [0.1, 0.15) is 0 Å². The first kappa shape index (κ1) is 11.1. The molecule has 16 heavy (non-hydrogen) atoms. The van der Waals surface area contributed by atoms with Crippen molar-refractivity contribution >= 4 is 5.95 Å². The number of hydrogen-bond acceptors (Lipinski definition) is 4. The summed E-state index contributed by atoms with van der Waals surface area (Å²) in [6.45, 7) is 7.06. The van der Waals surface area contributed by atoms with Gasteiger partial charge < -0.3 is 10.6 Å². The molecular weight excluding hydrogens is 200 g/mol. The molecule has 1 aromatic heterocycles. The summed E-state index contributed by atoms with van der Waals surface area (Å²) in [4.78, 5) is 11.1. The van der Waals surface area contributed by atoms with Gasteiger partial charge in [-0.1, -0.05) is 6.08 Å². The van der Waals surface area contributed by atoms with Gasteiger partial charge in [-0.2, -0.15) is 0 Å². The van der Waals surface area contributed by atoms with E-state index >= 15 is 0 Å². The third kappa shape index (κ3) is 2.22. The van der Waals surface area contributed by atoms with E-state index in [1.54, 1.807) is 0 Å². The van der Waals surface area contributed by atoms with Gasteiger partial charge in [-0.05, 0) is 19.8 Å². The minimum Gasteiger partial charge on any atom is -0.334 e. The van der Waals surface area contributed by atoms with Gasteiger partial charge in [0, 0.05) is 36.6 Å². The summed E-state index contributed by atoms with van der Waals surface area (Å²) >= 11 is 0. The molecule has 0 spiro atoms. The molecule has 0 atom stereocenters. The predicted molar refractivity (Wildman–Crippen MR) is 65.2 cm³/mol. The molecule has 4 nitrogen and oxygen atoms in total. The van der Waals surface area contributed by atoms with E-state index in [4.69, 9.17) is 5.73 Å². The lowest BCUT2D eigenvalue weighted by atomic mass is 10.2. The zero-order chi connectivity index (χ0) is 11.5. The van der Waals surface area contributed by atoms with Crippen LogP contribution in [0, 0.1) is 6.92 Å². The number of nitrogens with two attached hydrogens (primary N) is 1. The Hall–Kier alpha value is -1.42. The van der Waals surface area contributed by atoms with E-state index in [2.05, 4.69) is 21.4 Å². The fraction of sp³-hybridized carbons (Fsp3) is 0.500. The van der Waals surface area contributed by atoms with Gasteiger partial charge in [0.2, 0.25) is 5.95 Å². The highest BCUT2D eigenvalue weighted by atomic mass is 15.3. The van der Waals surface area contributed by atoms with Crippen LogP contribution in [0.2, 0.25) is 0 Å². The van der Waals surface area contributed by atoms with E-state index in [1.165, 1.54) is 12.8 Å². The average Bonchev–Trinajstić information content (AvgIpc) is 3.09. The number of aromatic nitrogens is 2. The first-order chi connectivity index (χ1) is 7.76. The molecule has 2 N–H and O–H groups in total. The molecule has 0 aromatic carbocycles. The summed E-state index contributed by atoms with van der Waals surface area (Å²) in [6.07, 6.45) is 6.19. The molecule has 1 saturated carbocycles. The van der Waals surface area contributed by atoms with Crippen LogP contribution in [-0.4, -0.2) is 22.6 Å². The lowest BCUT2D eigenvalue weighted by molar-refractivity contribution is 0.803. The van der Waals surface area contributed by atoms with Crippen molar-refractivity contribution in [1.82, 2.24) is 9.97 Å². The van der Waals surface area contributed by atoms with Crippen LogP contribution in [-0.2, 0) is 6.54 Å². The summed E-state index contributed by atoms with van der Waals surface area (Å²) in [7, 11) is 0. The third-order valence-corrected chi connectivity index (χ3v) is 2.86.